The Hall–Kier alpha value is -3.32. The van der Waals surface area contributed by atoms with Crippen LogP contribution in [0.15, 0.2) is 17.6 Å². The van der Waals surface area contributed by atoms with Crippen LogP contribution in [0.3, 0.4) is 0 Å². The van der Waals surface area contributed by atoms with Gasteiger partial charge in [0.15, 0.2) is 10.6 Å². The first-order chi connectivity index (χ1) is 15.9. The summed E-state index contributed by atoms with van der Waals surface area (Å²) in [6.45, 7) is 6.06. The van der Waals surface area contributed by atoms with Crippen LogP contribution in [0.5, 0.6) is 0 Å². The van der Waals surface area contributed by atoms with Crippen LogP contribution in [0, 0.1) is 6.92 Å². The highest BCUT2D eigenvalue weighted by molar-refractivity contribution is 7.16. The molecule has 11 nitrogen and oxygen atoms in total. The summed E-state index contributed by atoms with van der Waals surface area (Å²) >= 11 is 1.42. The number of thiazole rings is 1. The van der Waals surface area contributed by atoms with Crippen molar-refractivity contribution in [1.29, 1.82) is 0 Å². The molecule has 0 aliphatic carbocycles. The standard InChI is InChI=1S/C20H24FN9O2S/c1-11-7-29(5-6-30(11)17-16-18(33-10-23-16)27-19(22)26-17)32-20(31)25-14-3-4-15(24-12(14)2)28-8-13(21)9-28/h3-4,10-11,13H,5-9H2,1-2H3,(H,25,31)(H2,22,26,27)/t11-/m0/s1. The molecule has 0 aromatic carbocycles. The molecule has 2 saturated heterocycles. The Balaban J connectivity index is 1.19. The summed E-state index contributed by atoms with van der Waals surface area (Å²) in [4.78, 5) is 40.2. The van der Waals surface area contributed by atoms with Crippen LogP contribution < -0.4 is 20.9 Å². The first-order valence-electron chi connectivity index (χ1n) is 10.6. The fourth-order valence-electron chi connectivity index (χ4n) is 4.00. The number of nitrogen functional groups attached to an aromatic ring is 1. The minimum absolute atomic E-state index is 0.00397. The lowest BCUT2D eigenvalue weighted by molar-refractivity contribution is -0.103. The van der Waals surface area contributed by atoms with Gasteiger partial charge in [-0.25, -0.2) is 24.1 Å². The molecule has 5 heterocycles. The van der Waals surface area contributed by atoms with Gasteiger partial charge in [-0.15, -0.1) is 16.4 Å². The number of aryl methyl sites for hydroxylation is 1. The Bertz CT molecular complexity index is 1190. The lowest BCUT2D eigenvalue weighted by Crippen LogP contribution is -2.53. The monoisotopic (exact) mass is 473 g/mol. The Morgan fingerprint density at radius 1 is 1.24 bits per heavy atom. The van der Waals surface area contributed by atoms with Crippen LogP contribution in [0.2, 0.25) is 0 Å². The van der Waals surface area contributed by atoms with Gasteiger partial charge < -0.3 is 20.4 Å². The molecule has 0 spiro atoms. The molecule has 3 aromatic heterocycles. The molecule has 33 heavy (non-hydrogen) atoms. The number of carbonyl (C=O) groups is 1. The number of nitrogens with one attached hydrogen (secondary N) is 1. The maximum Gasteiger partial charge on any atom is 0.430 e. The third-order valence-electron chi connectivity index (χ3n) is 5.74. The van der Waals surface area contributed by atoms with E-state index < -0.39 is 12.3 Å². The number of halogens is 1. The molecule has 13 heteroatoms. The molecule has 3 N–H and O–H groups in total. The van der Waals surface area contributed by atoms with Crippen LogP contribution >= 0.6 is 11.3 Å². The Morgan fingerprint density at radius 2 is 2.06 bits per heavy atom. The number of nitrogens with two attached hydrogens (primary N) is 1. The van der Waals surface area contributed by atoms with Crippen molar-refractivity contribution < 1.29 is 14.0 Å². The SMILES string of the molecule is Cc1nc(N2CC(F)C2)ccc1NC(=O)ON1CCN(c2nc(N)nc3scnc23)[C@@H](C)C1. The minimum Gasteiger partial charge on any atom is -0.368 e. The number of alkyl halides is 1. The number of aromatic nitrogens is 4. The summed E-state index contributed by atoms with van der Waals surface area (Å²) in [5, 5.41) is 4.36. The molecule has 2 aliphatic rings. The van der Waals surface area contributed by atoms with Crippen LogP contribution in [0.4, 0.5) is 32.5 Å². The average Bonchev–Trinajstić information content (AvgIpc) is 3.21. The van der Waals surface area contributed by atoms with Gasteiger partial charge in [-0.2, -0.15) is 4.98 Å². The van der Waals surface area contributed by atoms with Gasteiger partial charge in [0.1, 0.15) is 17.5 Å². The fourth-order valence-corrected chi connectivity index (χ4v) is 4.66. The van der Waals surface area contributed by atoms with Gasteiger partial charge in [0, 0.05) is 12.6 Å². The first-order valence-corrected chi connectivity index (χ1v) is 11.5. The van der Waals surface area contributed by atoms with Crippen molar-refractivity contribution in [2.75, 3.05) is 53.6 Å². The lowest BCUT2D eigenvalue weighted by Gasteiger charge is -2.39. The van der Waals surface area contributed by atoms with Crippen LogP contribution in [0.25, 0.3) is 10.3 Å². The number of hydrogen-bond donors (Lipinski definition) is 2. The van der Waals surface area contributed by atoms with E-state index in [1.54, 1.807) is 29.6 Å². The molecule has 1 atom stereocenters. The molecule has 0 unspecified atom stereocenters. The van der Waals surface area contributed by atoms with E-state index in [1.165, 1.54) is 11.3 Å². The third-order valence-corrected chi connectivity index (χ3v) is 6.46. The van der Waals surface area contributed by atoms with Gasteiger partial charge in [0.2, 0.25) is 5.95 Å². The number of rotatable bonds is 4. The van der Waals surface area contributed by atoms with Gasteiger partial charge in [-0.05, 0) is 26.0 Å². The van der Waals surface area contributed by atoms with Gasteiger partial charge in [-0.3, -0.25) is 5.32 Å². The normalized spacial score (nSPS) is 19.5. The Morgan fingerprint density at radius 3 is 2.79 bits per heavy atom. The van der Waals surface area contributed by atoms with E-state index in [2.05, 4.69) is 30.2 Å². The molecule has 174 valence electrons. The highest BCUT2D eigenvalue weighted by Gasteiger charge is 2.30. The number of nitrogens with zero attached hydrogens (tertiary/aromatic N) is 7. The highest BCUT2D eigenvalue weighted by atomic mass is 32.1. The van der Waals surface area contributed by atoms with Crippen molar-refractivity contribution in [3.05, 3.63) is 23.3 Å². The lowest BCUT2D eigenvalue weighted by atomic mass is 10.2. The number of amides is 1. The molecule has 1 amide bonds. The molecule has 2 fully saturated rings. The number of fused-ring (bicyclic) bond motifs is 1. The molecular weight excluding hydrogens is 449 g/mol. The van der Waals surface area contributed by atoms with Crippen molar-refractivity contribution in [2.45, 2.75) is 26.1 Å². The second-order valence-corrected chi connectivity index (χ2v) is 8.98. The van der Waals surface area contributed by atoms with Gasteiger partial charge in [0.25, 0.3) is 0 Å². The summed E-state index contributed by atoms with van der Waals surface area (Å²) < 4.78 is 13.1. The number of anilines is 4. The maximum atomic E-state index is 13.1. The molecule has 0 radical (unpaired) electrons. The van der Waals surface area contributed by atoms with Gasteiger partial charge in [-0.1, -0.05) is 0 Å². The number of hydrogen-bond acceptors (Lipinski definition) is 11. The second kappa shape index (κ2) is 8.56. The van der Waals surface area contributed by atoms with Crippen molar-refractivity contribution >= 4 is 51.0 Å². The number of carbonyl (C=O) groups excluding carboxylic acids is 1. The zero-order valence-electron chi connectivity index (χ0n) is 18.2. The van der Waals surface area contributed by atoms with Crippen molar-refractivity contribution in [3.8, 4) is 0 Å². The molecule has 0 bridgehead atoms. The molecule has 3 aromatic rings. The quantitative estimate of drug-likeness (QED) is 0.582. The summed E-state index contributed by atoms with van der Waals surface area (Å²) in [6, 6.07) is 3.52. The number of piperazine rings is 1. The molecule has 2 aliphatic heterocycles. The van der Waals surface area contributed by atoms with E-state index in [1.807, 2.05) is 11.8 Å². The largest absolute Gasteiger partial charge is 0.430 e. The van der Waals surface area contributed by atoms with E-state index in [0.717, 1.165) is 10.3 Å². The van der Waals surface area contributed by atoms with E-state index in [-0.39, 0.29) is 12.0 Å². The van der Waals surface area contributed by atoms with E-state index in [0.29, 0.717) is 55.7 Å². The fraction of sp³-hybridized carbons (Fsp3) is 0.450. The van der Waals surface area contributed by atoms with Crippen LogP contribution in [-0.4, -0.2) is 76.0 Å². The van der Waals surface area contributed by atoms with E-state index in [9.17, 15) is 9.18 Å². The summed E-state index contributed by atoms with van der Waals surface area (Å²) in [6.07, 6.45) is -1.39. The zero-order valence-corrected chi connectivity index (χ0v) is 19.0. The molecule has 0 saturated carbocycles. The Kier molecular flexibility index (Phi) is 5.58. The number of pyridine rings is 1. The van der Waals surface area contributed by atoms with Gasteiger partial charge >= 0.3 is 6.09 Å². The summed E-state index contributed by atoms with van der Waals surface area (Å²) in [5.41, 5.74) is 9.51. The van der Waals surface area contributed by atoms with Crippen molar-refractivity contribution in [3.63, 3.8) is 0 Å². The highest BCUT2D eigenvalue weighted by Crippen LogP contribution is 2.29. The van der Waals surface area contributed by atoms with Crippen LogP contribution in [-0.2, 0) is 4.84 Å². The van der Waals surface area contributed by atoms with E-state index in [4.69, 9.17) is 10.6 Å². The predicted molar refractivity (Wildman–Crippen MR) is 124 cm³/mol. The second-order valence-electron chi connectivity index (χ2n) is 8.15. The minimum atomic E-state index is -0.804. The molecule has 5 rings (SSSR count). The average molecular weight is 474 g/mol. The summed E-state index contributed by atoms with van der Waals surface area (Å²) in [7, 11) is 0. The van der Waals surface area contributed by atoms with Crippen molar-refractivity contribution in [2.24, 2.45) is 0 Å². The smallest absolute Gasteiger partial charge is 0.368 e. The Labute approximate surface area is 193 Å². The predicted octanol–water partition coefficient (Wildman–Crippen LogP) is 2.20. The zero-order chi connectivity index (χ0) is 23.1. The van der Waals surface area contributed by atoms with Gasteiger partial charge in [0.05, 0.1) is 43.1 Å². The third kappa shape index (κ3) is 4.33. The number of hydroxylamine groups is 2. The topological polar surface area (TPSA) is 126 Å². The summed E-state index contributed by atoms with van der Waals surface area (Å²) in [5.74, 6) is 1.60. The maximum absolute atomic E-state index is 13.1. The van der Waals surface area contributed by atoms with Crippen LogP contribution in [0.1, 0.15) is 12.6 Å². The van der Waals surface area contributed by atoms with Crippen molar-refractivity contribution in [1.82, 2.24) is 25.0 Å². The molecular formula is C20H24FN9O2S. The van der Waals surface area contributed by atoms with E-state index >= 15 is 0 Å². The first kappa shape index (κ1) is 21.5.